The van der Waals surface area contributed by atoms with Crippen LogP contribution in [0.5, 0.6) is 11.5 Å². The SMILES string of the molecule is CCCNCc1cnccc1Oc1ccc(C)cc1. The molecule has 100 valence electrons. The fraction of sp³-hybridized carbons (Fsp3) is 0.312. The number of hydrogen-bond donors (Lipinski definition) is 1. The number of aryl methyl sites for hydroxylation is 1. The molecule has 3 heteroatoms. The summed E-state index contributed by atoms with van der Waals surface area (Å²) in [6.07, 6.45) is 4.73. The van der Waals surface area contributed by atoms with E-state index in [2.05, 4.69) is 24.1 Å². The molecule has 1 aromatic carbocycles. The average Bonchev–Trinajstić information content (AvgIpc) is 2.43. The molecule has 3 nitrogen and oxygen atoms in total. The van der Waals surface area contributed by atoms with Gasteiger partial charge < -0.3 is 10.1 Å². The van der Waals surface area contributed by atoms with E-state index in [9.17, 15) is 0 Å². The standard InChI is InChI=1S/C16H20N2O/c1-3-9-17-11-14-12-18-10-8-16(14)19-15-6-4-13(2)5-7-15/h4-8,10,12,17H,3,9,11H2,1-2H3. The van der Waals surface area contributed by atoms with Gasteiger partial charge in [-0.3, -0.25) is 4.98 Å². The molecule has 2 rings (SSSR count). The van der Waals surface area contributed by atoms with E-state index in [1.165, 1.54) is 5.56 Å². The van der Waals surface area contributed by atoms with Crippen LogP contribution in [0.25, 0.3) is 0 Å². The van der Waals surface area contributed by atoms with E-state index >= 15 is 0 Å². The molecule has 1 heterocycles. The smallest absolute Gasteiger partial charge is 0.134 e. The van der Waals surface area contributed by atoms with Crippen molar-refractivity contribution < 1.29 is 4.74 Å². The number of benzene rings is 1. The maximum Gasteiger partial charge on any atom is 0.134 e. The monoisotopic (exact) mass is 256 g/mol. The van der Waals surface area contributed by atoms with Gasteiger partial charge in [-0.15, -0.1) is 0 Å². The third-order valence-corrected chi connectivity index (χ3v) is 2.85. The molecule has 0 spiro atoms. The molecule has 2 aromatic rings. The van der Waals surface area contributed by atoms with Crippen molar-refractivity contribution in [3.8, 4) is 11.5 Å². The molecule has 0 atom stereocenters. The average molecular weight is 256 g/mol. The first-order valence-corrected chi connectivity index (χ1v) is 6.67. The first kappa shape index (κ1) is 13.6. The molecule has 19 heavy (non-hydrogen) atoms. The fourth-order valence-electron chi connectivity index (χ4n) is 1.78. The first-order valence-electron chi connectivity index (χ1n) is 6.67. The van der Waals surface area contributed by atoms with Crippen LogP contribution in [0.3, 0.4) is 0 Å². The summed E-state index contributed by atoms with van der Waals surface area (Å²) in [6, 6.07) is 9.97. The lowest BCUT2D eigenvalue weighted by atomic mass is 10.2. The van der Waals surface area contributed by atoms with Crippen LogP contribution >= 0.6 is 0 Å². The van der Waals surface area contributed by atoms with Crippen molar-refractivity contribution in [1.82, 2.24) is 10.3 Å². The van der Waals surface area contributed by atoms with Crippen molar-refractivity contribution in [3.63, 3.8) is 0 Å². The zero-order valence-corrected chi connectivity index (χ0v) is 11.5. The Morgan fingerprint density at radius 1 is 1.16 bits per heavy atom. The molecule has 0 aliphatic rings. The topological polar surface area (TPSA) is 34.2 Å². The van der Waals surface area contributed by atoms with Crippen LogP contribution in [0.1, 0.15) is 24.5 Å². The lowest BCUT2D eigenvalue weighted by Gasteiger charge is -2.11. The molecule has 0 radical (unpaired) electrons. The molecular weight excluding hydrogens is 236 g/mol. The highest BCUT2D eigenvalue weighted by molar-refractivity contribution is 5.36. The summed E-state index contributed by atoms with van der Waals surface area (Å²) >= 11 is 0. The van der Waals surface area contributed by atoms with Gasteiger partial charge in [-0.2, -0.15) is 0 Å². The van der Waals surface area contributed by atoms with E-state index in [4.69, 9.17) is 4.74 Å². The molecule has 1 N–H and O–H groups in total. The fourth-order valence-corrected chi connectivity index (χ4v) is 1.78. The van der Waals surface area contributed by atoms with Crippen molar-refractivity contribution in [3.05, 3.63) is 53.9 Å². The Morgan fingerprint density at radius 3 is 2.68 bits per heavy atom. The number of rotatable bonds is 6. The minimum atomic E-state index is 0.781. The number of nitrogens with zero attached hydrogens (tertiary/aromatic N) is 1. The molecule has 0 unspecified atom stereocenters. The van der Waals surface area contributed by atoms with Crippen molar-refractivity contribution in [2.24, 2.45) is 0 Å². The molecule has 0 fully saturated rings. The largest absolute Gasteiger partial charge is 0.457 e. The molecular formula is C16H20N2O. The molecule has 0 aliphatic heterocycles. The highest BCUT2D eigenvalue weighted by Gasteiger charge is 2.04. The van der Waals surface area contributed by atoms with Crippen LogP contribution in [-0.2, 0) is 6.54 Å². The van der Waals surface area contributed by atoms with Crippen LogP contribution in [0.15, 0.2) is 42.7 Å². The Balaban J connectivity index is 2.08. The minimum Gasteiger partial charge on any atom is -0.457 e. The van der Waals surface area contributed by atoms with Gasteiger partial charge in [0.05, 0.1) is 0 Å². The van der Waals surface area contributed by atoms with E-state index in [1.807, 2.05) is 36.5 Å². The van der Waals surface area contributed by atoms with Gasteiger partial charge in [0.25, 0.3) is 0 Å². The van der Waals surface area contributed by atoms with Crippen molar-refractivity contribution in [2.45, 2.75) is 26.8 Å². The van der Waals surface area contributed by atoms with E-state index in [-0.39, 0.29) is 0 Å². The predicted octanol–water partition coefficient (Wildman–Crippen LogP) is 3.68. The van der Waals surface area contributed by atoms with E-state index in [1.54, 1.807) is 6.20 Å². The van der Waals surface area contributed by atoms with Gasteiger partial charge >= 0.3 is 0 Å². The zero-order chi connectivity index (χ0) is 13.5. The lowest BCUT2D eigenvalue weighted by Crippen LogP contribution is -2.14. The highest BCUT2D eigenvalue weighted by atomic mass is 16.5. The molecule has 0 bridgehead atoms. The molecule has 0 amide bonds. The second kappa shape index (κ2) is 6.90. The maximum absolute atomic E-state index is 5.92. The Labute approximate surface area is 114 Å². The van der Waals surface area contributed by atoms with Crippen LogP contribution in [-0.4, -0.2) is 11.5 Å². The predicted molar refractivity (Wildman–Crippen MR) is 77.5 cm³/mol. The van der Waals surface area contributed by atoms with Gasteiger partial charge in [-0.05, 0) is 38.1 Å². The summed E-state index contributed by atoms with van der Waals surface area (Å²) in [4.78, 5) is 4.16. The number of hydrogen-bond acceptors (Lipinski definition) is 3. The van der Waals surface area contributed by atoms with Gasteiger partial charge in [0.15, 0.2) is 0 Å². The van der Waals surface area contributed by atoms with Gasteiger partial charge in [-0.1, -0.05) is 24.6 Å². The molecule has 0 saturated heterocycles. The normalized spacial score (nSPS) is 10.4. The van der Waals surface area contributed by atoms with Crippen LogP contribution in [0.4, 0.5) is 0 Å². The number of pyridine rings is 1. The summed E-state index contributed by atoms with van der Waals surface area (Å²) in [7, 11) is 0. The Bertz CT molecular complexity index is 508. The Kier molecular flexibility index (Phi) is 4.93. The quantitative estimate of drug-likeness (QED) is 0.800. The lowest BCUT2D eigenvalue weighted by molar-refractivity contribution is 0.471. The van der Waals surface area contributed by atoms with Crippen molar-refractivity contribution in [1.29, 1.82) is 0 Å². The maximum atomic E-state index is 5.92. The van der Waals surface area contributed by atoms with Gasteiger partial charge in [0, 0.05) is 24.5 Å². The van der Waals surface area contributed by atoms with Gasteiger partial charge in [-0.25, -0.2) is 0 Å². The number of ether oxygens (including phenoxy) is 1. The van der Waals surface area contributed by atoms with E-state index in [0.29, 0.717) is 0 Å². The molecule has 0 aliphatic carbocycles. The van der Waals surface area contributed by atoms with Gasteiger partial charge in [0.1, 0.15) is 11.5 Å². The van der Waals surface area contributed by atoms with Crippen molar-refractivity contribution in [2.75, 3.05) is 6.54 Å². The second-order valence-corrected chi connectivity index (χ2v) is 4.58. The summed E-state index contributed by atoms with van der Waals surface area (Å²) in [5, 5.41) is 3.37. The van der Waals surface area contributed by atoms with Crippen molar-refractivity contribution >= 4 is 0 Å². The molecule has 1 aromatic heterocycles. The van der Waals surface area contributed by atoms with Crippen LogP contribution in [0.2, 0.25) is 0 Å². The van der Waals surface area contributed by atoms with E-state index < -0.39 is 0 Å². The van der Waals surface area contributed by atoms with E-state index in [0.717, 1.165) is 36.6 Å². The van der Waals surface area contributed by atoms with Crippen LogP contribution in [0, 0.1) is 6.92 Å². The second-order valence-electron chi connectivity index (χ2n) is 4.58. The third-order valence-electron chi connectivity index (χ3n) is 2.85. The Hall–Kier alpha value is -1.87. The summed E-state index contributed by atoms with van der Waals surface area (Å²) in [5.74, 6) is 1.72. The Morgan fingerprint density at radius 2 is 1.95 bits per heavy atom. The highest BCUT2D eigenvalue weighted by Crippen LogP contribution is 2.24. The van der Waals surface area contributed by atoms with Gasteiger partial charge in [0.2, 0.25) is 0 Å². The minimum absolute atomic E-state index is 0.781. The first-order chi connectivity index (χ1) is 9.29. The zero-order valence-electron chi connectivity index (χ0n) is 11.5. The summed E-state index contributed by atoms with van der Waals surface area (Å²) < 4.78 is 5.92. The summed E-state index contributed by atoms with van der Waals surface area (Å²) in [5.41, 5.74) is 2.31. The molecule has 0 saturated carbocycles. The number of aromatic nitrogens is 1. The summed E-state index contributed by atoms with van der Waals surface area (Å²) in [6.45, 7) is 6.00. The third kappa shape index (κ3) is 4.07. The number of nitrogens with one attached hydrogen (secondary N) is 1. The van der Waals surface area contributed by atoms with Crippen LogP contribution < -0.4 is 10.1 Å².